The number of anilines is 2. The first-order valence-electron chi connectivity index (χ1n) is 9.43. The van der Waals surface area contributed by atoms with Crippen LogP contribution in [0, 0.1) is 11.3 Å². The minimum Gasteiger partial charge on any atom is -0.422 e. The maximum Gasteiger partial charge on any atom is 0.344 e. The molecule has 1 aromatic heterocycles. The number of hydrogen-bond acceptors (Lipinski definition) is 5. The maximum absolute atomic E-state index is 12.8. The Labute approximate surface area is 168 Å². The molecule has 29 heavy (non-hydrogen) atoms. The van der Waals surface area contributed by atoms with Gasteiger partial charge in [-0.1, -0.05) is 18.2 Å². The average Bonchev–Trinajstić information content (AvgIpc) is 2.73. The molecule has 0 N–H and O–H groups in total. The fraction of sp³-hybridized carbons (Fsp3) is 0.167. The van der Waals surface area contributed by atoms with E-state index in [1.165, 1.54) is 0 Å². The molecule has 5 rings (SSSR count). The molecule has 0 unspecified atom stereocenters. The summed E-state index contributed by atoms with van der Waals surface area (Å²) in [7, 11) is 5.81. The fourth-order valence-electron chi connectivity index (χ4n) is 4.23. The molecule has 4 aromatic rings. The highest BCUT2D eigenvalue weighted by molar-refractivity contribution is 6.08. The highest BCUT2D eigenvalue weighted by Gasteiger charge is 2.29. The third-order valence-electron chi connectivity index (χ3n) is 5.76. The van der Waals surface area contributed by atoms with Crippen molar-refractivity contribution in [3.63, 3.8) is 0 Å². The molecule has 0 amide bonds. The van der Waals surface area contributed by atoms with Crippen molar-refractivity contribution in [2.75, 3.05) is 30.9 Å². The van der Waals surface area contributed by atoms with Crippen LogP contribution >= 0.6 is 0 Å². The van der Waals surface area contributed by atoms with E-state index in [1.54, 1.807) is 0 Å². The predicted octanol–water partition coefficient (Wildman–Crippen LogP) is 4.69. The quantitative estimate of drug-likeness (QED) is 0.353. The second-order valence-corrected chi connectivity index (χ2v) is 7.61. The Morgan fingerprint density at radius 1 is 1.00 bits per heavy atom. The van der Waals surface area contributed by atoms with Gasteiger partial charge in [0.05, 0.1) is 11.5 Å². The summed E-state index contributed by atoms with van der Waals surface area (Å²) in [5.41, 5.74) is 5.03. The molecule has 0 radical (unpaired) electrons. The normalized spacial score (nSPS) is 15.1. The van der Waals surface area contributed by atoms with E-state index in [9.17, 15) is 10.1 Å². The van der Waals surface area contributed by atoms with Crippen molar-refractivity contribution >= 4 is 33.1 Å². The van der Waals surface area contributed by atoms with Gasteiger partial charge in [0.2, 0.25) is 0 Å². The number of rotatable bonds is 1. The number of benzene rings is 3. The lowest BCUT2D eigenvalue weighted by atomic mass is 9.86. The van der Waals surface area contributed by atoms with Crippen LogP contribution in [-0.4, -0.2) is 21.1 Å². The van der Waals surface area contributed by atoms with Crippen LogP contribution in [0.5, 0.6) is 0 Å². The van der Waals surface area contributed by atoms with Gasteiger partial charge in [-0.2, -0.15) is 5.26 Å². The summed E-state index contributed by atoms with van der Waals surface area (Å²) in [6.45, 7) is 0. The van der Waals surface area contributed by atoms with E-state index in [4.69, 9.17) is 4.42 Å². The van der Waals surface area contributed by atoms with Crippen molar-refractivity contribution in [2.24, 2.45) is 0 Å². The van der Waals surface area contributed by atoms with Crippen LogP contribution in [0.3, 0.4) is 0 Å². The van der Waals surface area contributed by atoms with Crippen LogP contribution in [0.15, 0.2) is 63.8 Å². The maximum atomic E-state index is 12.8. The minimum absolute atomic E-state index is 0.385. The highest BCUT2D eigenvalue weighted by Crippen LogP contribution is 2.45. The molecule has 3 aromatic carbocycles. The third kappa shape index (κ3) is 2.43. The lowest BCUT2D eigenvalue weighted by molar-refractivity contribution is 0.569. The summed E-state index contributed by atoms with van der Waals surface area (Å²) in [5, 5.41) is 12.1. The monoisotopic (exact) mass is 381 g/mol. The second kappa shape index (κ2) is 6.11. The van der Waals surface area contributed by atoms with Gasteiger partial charge >= 0.3 is 5.63 Å². The van der Waals surface area contributed by atoms with Crippen LogP contribution in [0.1, 0.15) is 11.6 Å². The van der Waals surface area contributed by atoms with E-state index < -0.39 is 6.04 Å². The Balaban J connectivity index is 1.90. The summed E-state index contributed by atoms with van der Waals surface area (Å²) < 4.78 is 5.64. The van der Waals surface area contributed by atoms with Crippen molar-refractivity contribution < 1.29 is 4.42 Å². The summed E-state index contributed by atoms with van der Waals surface area (Å²) in [4.78, 5) is 16.7. The molecule has 5 heteroatoms. The largest absolute Gasteiger partial charge is 0.422 e. The lowest BCUT2D eigenvalue weighted by Crippen LogP contribution is -2.27. The van der Waals surface area contributed by atoms with E-state index in [2.05, 4.69) is 12.1 Å². The Morgan fingerprint density at radius 2 is 1.79 bits per heavy atom. The predicted molar refractivity (Wildman–Crippen MR) is 117 cm³/mol. The first-order valence-corrected chi connectivity index (χ1v) is 9.43. The standard InChI is InChI=1S/C24H19N3O2/c1-26(2)14-8-9-16-18-11-17-15-6-4-5-7-21(15)27(3)22(13-25)19(17)12-20(18)24(28)29-23(16)10-14/h4-12,22H,1-3H3/t22-/m0/s1. The van der Waals surface area contributed by atoms with Crippen molar-refractivity contribution in [1.82, 2.24) is 0 Å². The number of nitriles is 1. The molecule has 1 aliphatic rings. The molecular weight excluding hydrogens is 362 g/mol. The molecule has 0 fully saturated rings. The zero-order valence-corrected chi connectivity index (χ0v) is 16.4. The van der Waals surface area contributed by atoms with Gasteiger partial charge < -0.3 is 14.2 Å². The molecule has 0 bridgehead atoms. The Hall–Kier alpha value is -3.78. The molecule has 5 nitrogen and oxygen atoms in total. The Kier molecular flexibility index (Phi) is 3.65. The van der Waals surface area contributed by atoms with Gasteiger partial charge in [-0.25, -0.2) is 4.79 Å². The number of hydrogen-bond donors (Lipinski definition) is 0. The summed E-state index contributed by atoms with van der Waals surface area (Å²) in [6, 6.07) is 19.7. The molecule has 0 saturated carbocycles. The van der Waals surface area contributed by atoms with E-state index in [0.29, 0.717) is 11.0 Å². The smallest absolute Gasteiger partial charge is 0.344 e. The van der Waals surface area contributed by atoms with Crippen molar-refractivity contribution in [3.8, 4) is 17.2 Å². The average molecular weight is 381 g/mol. The van der Waals surface area contributed by atoms with Gasteiger partial charge in [-0.3, -0.25) is 0 Å². The molecule has 0 spiro atoms. The third-order valence-corrected chi connectivity index (χ3v) is 5.76. The van der Waals surface area contributed by atoms with Crippen LogP contribution in [0.25, 0.3) is 32.9 Å². The molecule has 1 atom stereocenters. The van der Waals surface area contributed by atoms with E-state index in [0.717, 1.165) is 38.8 Å². The van der Waals surface area contributed by atoms with E-state index in [1.807, 2.05) is 79.5 Å². The summed E-state index contributed by atoms with van der Waals surface area (Å²) in [5.74, 6) is 0. The van der Waals surface area contributed by atoms with Crippen LogP contribution < -0.4 is 15.4 Å². The minimum atomic E-state index is -0.462. The SMILES string of the molecule is CN(C)c1ccc2c(c1)oc(=O)c1cc3c(cc12)-c1ccccc1N(C)[C@H]3C#N. The molecule has 1 aliphatic heterocycles. The Morgan fingerprint density at radius 3 is 2.55 bits per heavy atom. The van der Waals surface area contributed by atoms with Crippen LogP contribution in [0.4, 0.5) is 11.4 Å². The van der Waals surface area contributed by atoms with Gasteiger partial charge in [-0.05, 0) is 41.5 Å². The highest BCUT2D eigenvalue weighted by atomic mass is 16.4. The fourth-order valence-corrected chi connectivity index (χ4v) is 4.23. The molecule has 2 heterocycles. The van der Waals surface area contributed by atoms with Crippen molar-refractivity contribution in [2.45, 2.75) is 6.04 Å². The van der Waals surface area contributed by atoms with Gasteiger partial charge in [0.25, 0.3) is 0 Å². The topological polar surface area (TPSA) is 60.5 Å². The molecule has 0 aliphatic carbocycles. The first kappa shape index (κ1) is 17.3. The lowest BCUT2D eigenvalue weighted by Gasteiger charge is -2.34. The zero-order valence-electron chi connectivity index (χ0n) is 16.4. The van der Waals surface area contributed by atoms with Gasteiger partial charge in [0.15, 0.2) is 0 Å². The van der Waals surface area contributed by atoms with Gasteiger partial charge in [0.1, 0.15) is 11.6 Å². The summed E-state index contributed by atoms with van der Waals surface area (Å²) >= 11 is 0. The molecule has 0 saturated heterocycles. The van der Waals surface area contributed by atoms with Crippen LogP contribution in [0.2, 0.25) is 0 Å². The number of fused-ring (bicyclic) bond motifs is 6. The first-order chi connectivity index (χ1) is 14.0. The van der Waals surface area contributed by atoms with E-state index >= 15 is 0 Å². The zero-order chi connectivity index (χ0) is 20.3. The van der Waals surface area contributed by atoms with Crippen molar-refractivity contribution in [3.05, 3.63) is 70.6 Å². The Bertz CT molecular complexity index is 1400. The van der Waals surface area contributed by atoms with Crippen molar-refractivity contribution in [1.29, 1.82) is 5.26 Å². The summed E-state index contributed by atoms with van der Waals surface area (Å²) in [6.07, 6.45) is 0. The van der Waals surface area contributed by atoms with Gasteiger partial charge in [0, 0.05) is 54.9 Å². The number of para-hydroxylation sites is 1. The number of nitrogens with zero attached hydrogens (tertiary/aromatic N) is 3. The van der Waals surface area contributed by atoms with E-state index in [-0.39, 0.29) is 5.63 Å². The van der Waals surface area contributed by atoms with Crippen LogP contribution in [-0.2, 0) is 0 Å². The molecule has 142 valence electrons. The molecular formula is C24H19N3O2. The van der Waals surface area contributed by atoms with Gasteiger partial charge in [-0.15, -0.1) is 0 Å². The second-order valence-electron chi connectivity index (χ2n) is 7.61.